The summed E-state index contributed by atoms with van der Waals surface area (Å²) >= 11 is 0. The van der Waals surface area contributed by atoms with Gasteiger partial charge in [-0.3, -0.25) is 0 Å². The number of rotatable bonds is 3. The Balaban J connectivity index is 1.79. The molecule has 0 saturated carbocycles. The number of nitrogens with zero attached hydrogens (tertiary/aromatic N) is 1. The normalized spacial score (nSPS) is 16.3. The molecule has 0 aromatic heterocycles. The molecule has 0 amide bonds. The van der Waals surface area contributed by atoms with Crippen LogP contribution in [0.1, 0.15) is 11.1 Å². The number of aliphatic imine (C=N–C) groups is 1. The van der Waals surface area contributed by atoms with E-state index in [-0.39, 0.29) is 0 Å². The van der Waals surface area contributed by atoms with Crippen LogP contribution in [-0.4, -0.2) is 11.9 Å². The summed E-state index contributed by atoms with van der Waals surface area (Å²) in [6.07, 6.45) is 5.37. The smallest absolute Gasteiger partial charge is 0.363 e. The number of carbonyl (C=O) groups is 1. The first kappa shape index (κ1) is 13.1. The Hall–Kier alpha value is -2.94. The third-order valence-corrected chi connectivity index (χ3v) is 2.98. The molecule has 3 heteroatoms. The molecule has 1 heterocycles. The maximum absolute atomic E-state index is 11.8. The van der Waals surface area contributed by atoms with Crippen LogP contribution in [-0.2, 0) is 9.53 Å². The van der Waals surface area contributed by atoms with Gasteiger partial charge in [-0.2, -0.15) is 0 Å². The van der Waals surface area contributed by atoms with Crippen LogP contribution in [0, 0.1) is 0 Å². The van der Waals surface area contributed by atoms with Crippen molar-refractivity contribution in [1.29, 1.82) is 0 Å². The molecule has 102 valence electrons. The molecule has 21 heavy (non-hydrogen) atoms. The van der Waals surface area contributed by atoms with E-state index in [0.29, 0.717) is 11.6 Å². The van der Waals surface area contributed by atoms with Gasteiger partial charge in [-0.05, 0) is 23.8 Å². The van der Waals surface area contributed by atoms with E-state index in [0.717, 1.165) is 11.1 Å². The van der Waals surface area contributed by atoms with Gasteiger partial charge in [0.1, 0.15) is 0 Å². The summed E-state index contributed by atoms with van der Waals surface area (Å²) in [5.74, 6) is -0.0773. The van der Waals surface area contributed by atoms with Gasteiger partial charge >= 0.3 is 5.97 Å². The van der Waals surface area contributed by atoms with Crippen molar-refractivity contribution in [3.63, 3.8) is 0 Å². The fourth-order valence-corrected chi connectivity index (χ4v) is 1.94. The number of esters is 1. The summed E-state index contributed by atoms with van der Waals surface area (Å²) in [6.45, 7) is 0. The van der Waals surface area contributed by atoms with Crippen LogP contribution in [0.25, 0.3) is 6.08 Å². The minimum atomic E-state index is -0.424. The van der Waals surface area contributed by atoms with Gasteiger partial charge in [0.05, 0.1) is 0 Å². The molecule has 0 spiro atoms. The molecule has 1 aliphatic heterocycles. The first-order valence-corrected chi connectivity index (χ1v) is 6.62. The minimum absolute atomic E-state index is 0.307. The van der Waals surface area contributed by atoms with Crippen molar-refractivity contribution in [3.05, 3.63) is 89.6 Å². The molecule has 0 radical (unpaired) electrons. The Morgan fingerprint density at radius 3 is 2.29 bits per heavy atom. The number of carbonyl (C=O) groups excluding carboxylic acids is 1. The number of benzene rings is 2. The van der Waals surface area contributed by atoms with E-state index < -0.39 is 5.97 Å². The van der Waals surface area contributed by atoms with Crippen molar-refractivity contribution in [2.75, 3.05) is 0 Å². The Labute approximate surface area is 122 Å². The number of hydrogen-bond acceptors (Lipinski definition) is 3. The second kappa shape index (κ2) is 6.01. The second-order valence-corrected chi connectivity index (χ2v) is 4.49. The average Bonchev–Trinajstić information content (AvgIpc) is 2.91. The molecule has 0 atom stereocenters. The van der Waals surface area contributed by atoms with Crippen molar-refractivity contribution < 1.29 is 9.53 Å². The summed E-state index contributed by atoms with van der Waals surface area (Å²) in [4.78, 5) is 16.0. The van der Waals surface area contributed by atoms with Crippen LogP contribution in [0.15, 0.2) is 83.5 Å². The maximum Gasteiger partial charge on any atom is 0.363 e. The zero-order valence-electron chi connectivity index (χ0n) is 11.3. The lowest BCUT2D eigenvalue weighted by Gasteiger charge is -1.97. The van der Waals surface area contributed by atoms with E-state index in [2.05, 4.69) is 4.99 Å². The number of hydrogen-bond donors (Lipinski definition) is 0. The van der Waals surface area contributed by atoms with Crippen LogP contribution in [0.5, 0.6) is 0 Å². The van der Waals surface area contributed by atoms with Gasteiger partial charge in [0.2, 0.25) is 5.90 Å². The SMILES string of the molecule is O=C1OC(c2ccccc2)=N/C1=C/C=C\c1ccccc1. The number of allylic oxidation sites excluding steroid dienone is 2. The van der Waals surface area contributed by atoms with Gasteiger partial charge in [0.25, 0.3) is 0 Å². The van der Waals surface area contributed by atoms with Gasteiger partial charge in [0.15, 0.2) is 5.70 Å². The first-order valence-electron chi connectivity index (χ1n) is 6.62. The van der Waals surface area contributed by atoms with Gasteiger partial charge in [-0.1, -0.05) is 60.7 Å². The van der Waals surface area contributed by atoms with Crippen molar-refractivity contribution >= 4 is 17.9 Å². The molecule has 0 aliphatic carbocycles. The molecule has 2 aromatic rings. The lowest BCUT2D eigenvalue weighted by Crippen LogP contribution is -2.04. The lowest BCUT2D eigenvalue weighted by atomic mass is 10.2. The largest absolute Gasteiger partial charge is 0.402 e. The van der Waals surface area contributed by atoms with Crippen molar-refractivity contribution in [1.82, 2.24) is 0 Å². The Morgan fingerprint density at radius 2 is 1.57 bits per heavy atom. The fourth-order valence-electron chi connectivity index (χ4n) is 1.94. The third-order valence-electron chi connectivity index (χ3n) is 2.98. The molecular formula is C18H13NO2. The Morgan fingerprint density at radius 1 is 0.905 bits per heavy atom. The maximum atomic E-state index is 11.8. The van der Waals surface area contributed by atoms with Crippen molar-refractivity contribution in [3.8, 4) is 0 Å². The van der Waals surface area contributed by atoms with E-state index in [1.54, 1.807) is 12.2 Å². The zero-order valence-corrected chi connectivity index (χ0v) is 11.3. The quantitative estimate of drug-likeness (QED) is 0.634. The van der Waals surface area contributed by atoms with Crippen molar-refractivity contribution in [2.45, 2.75) is 0 Å². The molecule has 0 unspecified atom stereocenters. The second-order valence-electron chi connectivity index (χ2n) is 4.49. The standard InChI is InChI=1S/C18H13NO2/c20-18-16(13-7-10-14-8-3-1-4-9-14)19-17(21-18)15-11-5-2-6-12-15/h1-13H/b10-7-,16-13+. The molecule has 3 rings (SSSR count). The Bertz CT molecular complexity index is 728. The topological polar surface area (TPSA) is 38.7 Å². The molecule has 0 fully saturated rings. The average molecular weight is 275 g/mol. The Kier molecular flexibility index (Phi) is 3.74. The number of ether oxygens (including phenoxy) is 1. The van der Waals surface area contributed by atoms with Gasteiger partial charge in [0, 0.05) is 5.56 Å². The highest BCUT2D eigenvalue weighted by molar-refractivity contribution is 6.11. The molecule has 3 nitrogen and oxygen atoms in total. The van der Waals surface area contributed by atoms with Crippen LogP contribution < -0.4 is 0 Å². The molecular weight excluding hydrogens is 262 g/mol. The molecule has 0 saturated heterocycles. The van der Waals surface area contributed by atoms with Crippen LogP contribution >= 0.6 is 0 Å². The van der Waals surface area contributed by atoms with E-state index in [9.17, 15) is 4.79 Å². The molecule has 2 aromatic carbocycles. The molecule has 0 N–H and O–H groups in total. The predicted molar refractivity (Wildman–Crippen MR) is 82.6 cm³/mol. The molecule has 1 aliphatic rings. The van der Waals surface area contributed by atoms with E-state index in [1.807, 2.05) is 66.7 Å². The van der Waals surface area contributed by atoms with Crippen LogP contribution in [0.4, 0.5) is 0 Å². The van der Waals surface area contributed by atoms with Gasteiger partial charge in [-0.15, -0.1) is 0 Å². The van der Waals surface area contributed by atoms with Crippen molar-refractivity contribution in [2.24, 2.45) is 4.99 Å². The highest BCUT2D eigenvalue weighted by Crippen LogP contribution is 2.16. The van der Waals surface area contributed by atoms with E-state index >= 15 is 0 Å². The highest BCUT2D eigenvalue weighted by atomic mass is 16.6. The predicted octanol–water partition coefficient (Wildman–Crippen LogP) is 3.59. The van der Waals surface area contributed by atoms with E-state index in [1.165, 1.54) is 0 Å². The van der Waals surface area contributed by atoms with E-state index in [4.69, 9.17) is 4.74 Å². The fraction of sp³-hybridized carbons (Fsp3) is 0. The molecule has 0 bridgehead atoms. The minimum Gasteiger partial charge on any atom is -0.402 e. The zero-order chi connectivity index (χ0) is 14.5. The summed E-state index contributed by atoms with van der Waals surface area (Å²) in [5.41, 5.74) is 2.16. The number of cyclic esters (lactones) is 1. The summed E-state index contributed by atoms with van der Waals surface area (Å²) in [6, 6.07) is 19.2. The summed E-state index contributed by atoms with van der Waals surface area (Å²) in [5, 5.41) is 0. The van der Waals surface area contributed by atoms with Crippen LogP contribution in [0.2, 0.25) is 0 Å². The summed E-state index contributed by atoms with van der Waals surface area (Å²) < 4.78 is 5.17. The first-order chi connectivity index (χ1) is 10.3. The third kappa shape index (κ3) is 3.15. The van der Waals surface area contributed by atoms with Gasteiger partial charge < -0.3 is 4.74 Å². The lowest BCUT2D eigenvalue weighted by molar-refractivity contribution is -0.130. The summed E-state index contributed by atoms with van der Waals surface area (Å²) in [7, 11) is 0. The monoisotopic (exact) mass is 275 g/mol. The highest BCUT2D eigenvalue weighted by Gasteiger charge is 2.23. The van der Waals surface area contributed by atoms with Gasteiger partial charge in [-0.25, -0.2) is 9.79 Å². The van der Waals surface area contributed by atoms with Crippen LogP contribution in [0.3, 0.4) is 0 Å².